The summed E-state index contributed by atoms with van der Waals surface area (Å²) in [5.74, 6) is 0. The van der Waals surface area contributed by atoms with Crippen LogP contribution in [0.4, 0.5) is 0 Å². The minimum Gasteiger partial charge on any atom is -0.113 e. The van der Waals surface area contributed by atoms with Gasteiger partial charge in [0.25, 0.3) is 0 Å². The van der Waals surface area contributed by atoms with E-state index in [4.69, 9.17) is 11.6 Å². The number of hydrogen-bond acceptors (Lipinski definition) is 0. The van der Waals surface area contributed by atoms with Crippen LogP contribution in [0.5, 0.6) is 0 Å². The van der Waals surface area contributed by atoms with Crippen molar-refractivity contribution in [2.45, 2.75) is 25.6 Å². The summed E-state index contributed by atoms with van der Waals surface area (Å²) in [5.41, 5.74) is 4.78. The van der Waals surface area contributed by atoms with Crippen LogP contribution in [0.3, 0.4) is 0 Å². The average molecular weight is 403 g/mol. The summed E-state index contributed by atoms with van der Waals surface area (Å²) in [7, 11) is 0. The Bertz CT molecular complexity index is 593. The van der Waals surface area contributed by atoms with Crippen molar-refractivity contribution in [3.05, 3.63) is 67.6 Å². The Labute approximate surface area is 136 Å². The monoisotopic (exact) mass is 400 g/mol. The molecule has 19 heavy (non-hydrogen) atoms. The standard InChI is InChI=1S/C16H15Br2Cl/c1-3-11-6-4-5-7-12(11)16(19)13-9-14(17)10(2)8-15(13)18/h4-9,16H,3H2,1-2H3. The molecule has 2 rings (SSSR count). The van der Waals surface area contributed by atoms with E-state index in [0.29, 0.717) is 0 Å². The SMILES string of the molecule is CCc1ccccc1C(Cl)c1cc(Br)c(C)cc1Br. The van der Waals surface area contributed by atoms with E-state index in [0.717, 1.165) is 20.9 Å². The molecule has 0 amide bonds. The largest absolute Gasteiger partial charge is 0.113 e. The first-order chi connectivity index (χ1) is 9.04. The molecule has 0 nitrogen and oxygen atoms in total. The van der Waals surface area contributed by atoms with Crippen molar-refractivity contribution in [2.75, 3.05) is 0 Å². The molecule has 0 saturated heterocycles. The lowest BCUT2D eigenvalue weighted by Gasteiger charge is -2.17. The van der Waals surface area contributed by atoms with Gasteiger partial charge in [0.05, 0.1) is 5.38 Å². The number of halogens is 3. The molecular weight excluding hydrogens is 387 g/mol. The van der Waals surface area contributed by atoms with Gasteiger partial charge < -0.3 is 0 Å². The molecule has 0 spiro atoms. The second-order valence-electron chi connectivity index (χ2n) is 4.54. The van der Waals surface area contributed by atoms with Gasteiger partial charge in [-0.25, -0.2) is 0 Å². The Morgan fingerprint density at radius 1 is 1.05 bits per heavy atom. The zero-order valence-electron chi connectivity index (χ0n) is 10.9. The summed E-state index contributed by atoms with van der Waals surface area (Å²) in [6.45, 7) is 4.23. The minimum atomic E-state index is -0.137. The van der Waals surface area contributed by atoms with Gasteiger partial charge >= 0.3 is 0 Å². The second kappa shape index (κ2) is 6.43. The predicted octanol–water partition coefficient (Wildman–Crippen LogP) is 6.41. The Balaban J connectivity index is 2.50. The third-order valence-corrected chi connectivity index (χ3v) is 5.27. The summed E-state index contributed by atoms with van der Waals surface area (Å²) in [5, 5.41) is -0.137. The van der Waals surface area contributed by atoms with Crippen LogP contribution in [-0.4, -0.2) is 0 Å². The quantitative estimate of drug-likeness (QED) is 0.520. The van der Waals surface area contributed by atoms with E-state index in [1.807, 2.05) is 6.07 Å². The first-order valence-electron chi connectivity index (χ1n) is 6.22. The first-order valence-corrected chi connectivity index (χ1v) is 8.24. The lowest BCUT2D eigenvalue weighted by Crippen LogP contribution is -2.00. The summed E-state index contributed by atoms with van der Waals surface area (Å²) in [4.78, 5) is 0. The molecule has 0 radical (unpaired) electrons. The smallest absolute Gasteiger partial charge is 0.0849 e. The zero-order chi connectivity index (χ0) is 14.0. The highest BCUT2D eigenvalue weighted by molar-refractivity contribution is 9.11. The lowest BCUT2D eigenvalue weighted by atomic mass is 9.97. The van der Waals surface area contributed by atoms with Crippen LogP contribution in [0, 0.1) is 6.92 Å². The molecule has 2 aromatic carbocycles. The molecule has 3 heteroatoms. The van der Waals surface area contributed by atoms with Crippen LogP contribution in [-0.2, 0) is 6.42 Å². The van der Waals surface area contributed by atoms with Crippen LogP contribution in [0.2, 0.25) is 0 Å². The summed E-state index contributed by atoms with van der Waals surface area (Å²) in [6.07, 6.45) is 0.990. The molecule has 100 valence electrons. The van der Waals surface area contributed by atoms with Crippen LogP contribution in [0.25, 0.3) is 0 Å². The Hall–Kier alpha value is -0.310. The molecule has 0 aliphatic carbocycles. The Morgan fingerprint density at radius 3 is 2.42 bits per heavy atom. The van der Waals surface area contributed by atoms with Gasteiger partial charge in [0.1, 0.15) is 0 Å². The van der Waals surface area contributed by atoms with Crippen LogP contribution in [0.1, 0.15) is 34.6 Å². The third kappa shape index (κ3) is 3.24. The average Bonchev–Trinajstić information content (AvgIpc) is 2.42. The molecule has 0 bridgehead atoms. The Morgan fingerprint density at radius 2 is 1.74 bits per heavy atom. The van der Waals surface area contributed by atoms with Gasteiger partial charge in [-0.05, 0) is 47.7 Å². The van der Waals surface area contributed by atoms with E-state index in [1.165, 1.54) is 16.7 Å². The highest BCUT2D eigenvalue weighted by Gasteiger charge is 2.17. The maximum absolute atomic E-state index is 6.69. The van der Waals surface area contributed by atoms with Crippen molar-refractivity contribution < 1.29 is 0 Å². The fourth-order valence-corrected chi connectivity index (χ4v) is 3.70. The predicted molar refractivity (Wildman–Crippen MR) is 90.1 cm³/mol. The van der Waals surface area contributed by atoms with Gasteiger partial charge in [0, 0.05) is 8.95 Å². The number of benzene rings is 2. The first kappa shape index (κ1) is 15.1. The number of alkyl halides is 1. The van der Waals surface area contributed by atoms with E-state index in [9.17, 15) is 0 Å². The van der Waals surface area contributed by atoms with Crippen molar-refractivity contribution in [3.63, 3.8) is 0 Å². The van der Waals surface area contributed by atoms with Crippen LogP contribution >= 0.6 is 43.5 Å². The third-order valence-electron chi connectivity index (χ3n) is 3.26. The molecule has 1 atom stereocenters. The summed E-state index contributed by atoms with van der Waals surface area (Å²) in [6, 6.07) is 12.6. The van der Waals surface area contributed by atoms with Gasteiger partial charge in [-0.1, -0.05) is 63.0 Å². The van der Waals surface area contributed by atoms with Crippen molar-refractivity contribution in [1.29, 1.82) is 0 Å². The summed E-state index contributed by atoms with van der Waals surface area (Å²) < 4.78 is 2.14. The van der Waals surface area contributed by atoms with Gasteiger partial charge in [0.15, 0.2) is 0 Å². The fourth-order valence-electron chi connectivity index (χ4n) is 2.13. The normalized spacial score (nSPS) is 12.5. The number of rotatable bonds is 3. The Kier molecular flexibility index (Phi) is 5.10. The van der Waals surface area contributed by atoms with Gasteiger partial charge in [-0.15, -0.1) is 11.6 Å². The highest BCUT2D eigenvalue weighted by Crippen LogP contribution is 2.38. The topological polar surface area (TPSA) is 0 Å². The van der Waals surface area contributed by atoms with E-state index < -0.39 is 0 Å². The van der Waals surface area contributed by atoms with E-state index >= 15 is 0 Å². The van der Waals surface area contributed by atoms with Gasteiger partial charge in [-0.3, -0.25) is 0 Å². The summed E-state index contributed by atoms with van der Waals surface area (Å²) >= 11 is 13.9. The minimum absolute atomic E-state index is 0.137. The number of aryl methyl sites for hydroxylation is 2. The van der Waals surface area contributed by atoms with Crippen molar-refractivity contribution in [3.8, 4) is 0 Å². The molecule has 0 N–H and O–H groups in total. The van der Waals surface area contributed by atoms with E-state index in [-0.39, 0.29) is 5.38 Å². The molecule has 0 saturated carbocycles. The number of hydrogen-bond donors (Lipinski definition) is 0. The van der Waals surface area contributed by atoms with Gasteiger partial charge in [-0.2, -0.15) is 0 Å². The molecule has 0 aliphatic rings. The van der Waals surface area contributed by atoms with E-state index in [1.54, 1.807) is 0 Å². The molecule has 0 heterocycles. The van der Waals surface area contributed by atoms with Gasteiger partial charge in [0.2, 0.25) is 0 Å². The highest BCUT2D eigenvalue weighted by atomic mass is 79.9. The van der Waals surface area contributed by atoms with Crippen molar-refractivity contribution in [2.24, 2.45) is 0 Å². The zero-order valence-corrected chi connectivity index (χ0v) is 14.8. The van der Waals surface area contributed by atoms with E-state index in [2.05, 4.69) is 76.0 Å². The molecule has 0 aromatic heterocycles. The maximum atomic E-state index is 6.69. The van der Waals surface area contributed by atoms with Crippen LogP contribution < -0.4 is 0 Å². The fraction of sp³-hybridized carbons (Fsp3) is 0.250. The molecular formula is C16H15Br2Cl. The lowest BCUT2D eigenvalue weighted by molar-refractivity contribution is 1.03. The van der Waals surface area contributed by atoms with Crippen molar-refractivity contribution >= 4 is 43.5 Å². The second-order valence-corrected chi connectivity index (χ2v) is 6.68. The maximum Gasteiger partial charge on any atom is 0.0849 e. The molecule has 1 unspecified atom stereocenters. The van der Waals surface area contributed by atoms with Crippen LogP contribution in [0.15, 0.2) is 45.3 Å². The molecule has 2 aromatic rings. The molecule has 0 fully saturated rings. The molecule has 0 aliphatic heterocycles. The van der Waals surface area contributed by atoms with Crippen molar-refractivity contribution in [1.82, 2.24) is 0 Å².